The van der Waals surface area contributed by atoms with Gasteiger partial charge in [0.1, 0.15) is 10.8 Å². The van der Waals surface area contributed by atoms with Gasteiger partial charge in [0.05, 0.1) is 0 Å². The summed E-state index contributed by atoms with van der Waals surface area (Å²) in [7, 11) is 0. The zero-order valence-electron chi connectivity index (χ0n) is 11.4. The van der Waals surface area contributed by atoms with Gasteiger partial charge in [0.2, 0.25) is 6.79 Å². The van der Waals surface area contributed by atoms with E-state index in [9.17, 15) is 9.59 Å². The minimum Gasteiger partial charge on any atom is -0.427 e. The molecule has 0 N–H and O–H groups in total. The van der Waals surface area contributed by atoms with Gasteiger partial charge >= 0.3 is 11.9 Å². The monoisotopic (exact) mass is 274 g/mol. The maximum atomic E-state index is 12.5. The fourth-order valence-corrected chi connectivity index (χ4v) is 4.33. The highest BCUT2D eigenvalue weighted by atomic mass is 16.7. The maximum Gasteiger partial charge on any atom is 0.323 e. The minimum absolute atomic E-state index is 0.252. The molecule has 4 heteroatoms. The average molecular weight is 274 g/mol. The predicted molar refractivity (Wildman–Crippen MR) is 70.3 cm³/mol. The van der Waals surface area contributed by atoms with E-state index in [0.29, 0.717) is 12.3 Å². The molecule has 20 heavy (non-hydrogen) atoms. The molecule has 0 aromatic carbocycles. The van der Waals surface area contributed by atoms with E-state index in [1.165, 1.54) is 19.3 Å². The van der Waals surface area contributed by atoms with Gasteiger partial charge in [-0.3, -0.25) is 9.59 Å². The van der Waals surface area contributed by atoms with Crippen LogP contribution in [0.4, 0.5) is 0 Å². The number of cyclic esters (lactones) is 2. The number of carbonyl (C=O) groups is 2. The first-order valence-corrected chi connectivity index (χ1v) is 7.44. The van der Waals surface area contributed by atoms with Crippen molar-refractivity contribution in [3.63, 3.8) is 0 Å². The summed E-state index contributed by atoms with van der Waals surface area (Å²) in [5.74, 6) is -0.125. The van der Waals surface area contributed by atoms with E-state index in [2.05, 4.69) is 0 Å². The molecule has 2 atom stereocenters. The smallest absolute Gasteiger partial charge is 0.323 e. The van der Waals surface area contributed by atoms with Gasteiger partial charge in [0, 0.05) is 0 Å². The van der Waals surface area contributed by atoms with Crippen molar-refractivity contribution in [2.45, 2.75) is 38.5 Å². The lowest BCUT2D eigenvalue weighted by molar-refractivity contribution is -0.180. The number of esters is 2. The number of hydrogen-bond donors (Lipinski definition) is 0. The average Bonchev–Trinajstić information content (AvgIpc) is 3.04. The van der Waals surface area contributed by atoms with Gasteiger partial charge in [-0.2, -0.15) is 0 Å². The fourth-order valence-electron chi connectivity index (χ4n) is 4.33. The Hall–Kier alpha value is -1.58. The third-order valence-corrected chi connectivity index (χ3v) is 5.33. The lowest BCUT2D eigenvalue weighted by atomic mass is 9.72. The van der Waals surface area contributed by atoms with E-state index in [0.717, 1.165) is 18.4 Å². The number of ether oxygens (including phenoxy) is 2. The second kappa shape index (κ2) is 3.96. The van der Waals surface area contributed by atoms with Crippen LogP contribution in [0.25, 0.3) is 0 Å². The van der Waals surface area contributed by atoms with Crippen molar-refractivity contribution in [2.75, 3.05) is 6.79 Å². The van der Waals surface area contributed by atoms with Crippen molar-refractivity contribution in [3.05, 3.63) is 23.8 Å². The maximum absolute atomic E-state index is 12.5. The van der Waals surface area contributed by atoms with E-state index in [4.69, 9.17) is 9.47 Å². The van der Waals surface area contributed by atoms with Crippen LogP contribution in [0.5, 0.6) is 0 Å². The summed E-state index contributed by atoms with van der Waals surface area (Å²) in [6.45, 7) is -0.255. The molecule has 0 aromatic rings. The summed E-state index contributed by atoms with van der Waals surface area (Å²) in [5, 5.41) is 0. The van der Waals surface area contributed by atoms with Gasteiger partial charge in [-0.15, -0.1) is 0 Å². The van der Waals surface area contributed by atoms with Crippen LogP contribution in [0.3, 0.4) is 0 Å². The highest BCUT2D eigenvalue weighted by Crippen LogP contribution is 2.60. The van der Waals surface area contributed by atoms with E-state index in [1.807, 2.05) is 18.2 Å². The molecular weight excluding hydrogens is 256 g/mol. The Morgan fingerprint density at radius 2 is 1.75 bits per heavy atom. The molecule has 4 rings (SSSR count). The van der Waals surface area contributed by atoms with Crippen LogP contribution in [0.2, 0.25) is 0 Å². The third kappa shape index (κ3) is 1.42. The third-order valence-electron chi connectivity index (χ3n) is 5.33. The number of carbonyl (C=O) groups excluding carboxylic acids is 2. The number of hydrogen-bond acceptors (Lipinski definition) is 4. The summed E-state index contributed by atoms with van der Waals surface area (Å²) in [6.07, 6.45) is 12.1. The second-order valence-corrected chi connectivity index (χ2v) is 6.44. The Morgan fingerprint density at radius 1 is 1.00 bits per heavy atom. The van der Waals surface area contributed by atoms with Crippen molar-refractivity contribution in [1.29, 1.82) is 0 Å². The van der Waals surface area contributed by atoms with Crippen molar-refractivity contribution in [3.8, 4) is 0 Å². The van der Waals surface area contributed by atoms with Crippen molar-refractivity contribution >= 4 is 11.9 Å². The normalized spacial score (nSPS) is 39.9. The van der Waals surface area contributed by atoms with Crippen LogP contribution >= 0.6 is 0 Å². The van der Waals surface area contributed by atoms with Crippen molar-refractivity contribution < 1.29 is 19.1 Å². The predicted octanol–water partition coefficient (Wildman–Crippen LogP) is 2.50. The zero-order valence-corrected chi connectivity index (χ0v) is 11.4. The lowest BCUT2D eigenvalue weighted by Gasteiger charge is -2.33. The summed E-state index contributed by atoms with van der Waals surface area (Å²) >= 11 is 0. The van der Waals surface area contributed by atoms with Crippen LogP contribution in [0, 0.1) is 16.7 Å². The number of rotatable bonds is 1. The molecule has 4 nitrogen and oxygen atoms in total. The Bertz CT molecular complexity index is 541. The summed E-state index contributed by atoms with van der Waals surface area (Å²) < 4.78 is 10.2. The Morgan fingerprint density at radius 3 is 2.55 bits per heavy atom. The van der Waals surface area contributed by atoms with Gasteiger partial charge in [0.15, 0.2) is 0 Å². The van der Waals surface area contributed by atoms with Crippen molar-refractivity contribution in [1.82, 2.24) is 0 Å². The summed E-state index contributed by atoms with van der Waals surface area (Å²) in [5.41, 5.74) is -0.295. The fraction of sp³-hybridized carbons (Fsp3) is 0.625. The SMILES string of the molecule is O=C1OCOC(=O)C23C=CC1(C=C2C1CCCCC1)C3. The molecule has 1 saturated carbocycles. The summed E-state index contributed by atoms with van der Waals surface area (Å²) in [4.78, 5) is 24.7. The molecule has 0 spiro atoms. The molecule has 0 aromatic heterocycles. The molecule has 106 valence electrons. The largest absolute Gasteiger partial charge is 0.427 e. The van der Waals surface area contributed by atoms with Crippen LogP contribution < -0.4 is 0 Å². The molecule has 4 aliphatic rings. The van der Waals surface area contributed by atoms with Gasteiger partial charge in [-0.1, -0.05) is 37.5 Å². The van der Waals surface area contributed by atoms with E-state index < -0.39 is 10.8 Å². The van der Waals surface area contributed by atoms with E-state index in [1.54, 1.807) is 0 Å². The van der Waals surface area contributed by atoms with Gasteiger partial charge in [0.25, 0.3) is 0 Å². The Kier molecular flexibility index (Phi) is 2.41. The highest BCUT2D eigenvalue weighted by Gasteiger charge is 2.62. The molecule has 2 bridgehead atoms. The minimum atomic E-state index is -0.716. The molecule has 2 unspecified atom stereocenters. The summed E-state index contributed by atoms with van der Waals surface area (Å²) in [6, 6.07) is 0. The molecule has 3 aliphatic carbocycles. The molecule has 1 aliphatic heterocycles. The molecule has 1 saturated heterocycles. The molecule has 0 radical (unpaired) electrons. The van der Waals surface area contributed by atoms with Crippen LogP contribution in [0.15, 0.2) is 23.8 Å². The highest BCUT2D eigenvalue weighted by molar-refractivity contribution is 5.94. The van der Waals surface area contributed by atoms with E-state index >= 15 is 0 Å². The standard InChI is InChI=1S/C16H18O4/c17-13-15-6-7-16(9-15,14(18)20-10-19-13)12(8-15)11-4-2-1-3-5-11/h6-8,11H,1-5,9-10H2. The lowest BCUT2D eigenvalue weighted by Crippen LogP contribution is -2.37. The van der Waals surface area contributed by atoms with Crippen LogP contribution in [-0.2, 0) is 19.1 Å². The first kappa shape index (κ1) is 12.2. The van der Waals surface area contributed by atoms with E-state index in [-0.39, 0.29) is 18.7 Å². The van der Waals surface area contributed by atoms with Gasteiger partial charge in [-0.05, 0) is 30.8 Å². The second-order valence-electron chi connectivity index (χ2n) is 6.44. The topological polar surface area (TPSA) is 52.6 Å². The van der Waals surface area contributed by atoms with Crippen LogP contribution in [-0.4, -0.2) is 18.7 Å². The molecule has 2 fully saturated rings. The van der Waals surface area contributed by atoms with Gasteiger partial charge in [-0.25, -0.2) is 0 Å². The molecule has 1 heterocycles. The Labute approximate surface area is 117 Å². The van der Waals surface area contributed by atoms with Crippen LogP contribution in [0.1, 0.15) is 38.5 Å². The molecular formula is C16H18O4. The quantitative estimate of drug-likeness (QED) is 0.544. The Balaban J connectivity index is 1.79. The zero-order chi connectivity index (χ0) is 13.8. The first-order valence-electron chi connectivity index (χ1n) is 7.44. The van der Waals surface area contributed by atoms with Crippen molar-refractivity contribution in [2.24, 2.45) is 16.7 Å². The first-order chi connectivity index (χ1) is 9.66. The molecule has 0 amide bonds. The van der Waals surface area contributed by atoms with Gasteiger partial charge < -0.3 is 9.47 Å².